The van der Waals surface area contributed by atoms with Gasteiger partial charge in [-0.15, -0.1) is 0 Å². The van der Waals surface area contributed by atoms with Crippen molar-refractivity contribution in [2.24, 2.45) is 0 Å². The normalized spacial score (nSPS) is 11.6. The molecular weight excluding hydrogens is 270 g/mol. The molecule has 0 aliphatic carbocycles. The fourth-order valence-corrected chi connectivity index (χ4v) is 2.64. The number of methoxy groups -OCH3 is 1. The molecule has 0 amide bonds. The summed E-state index contributed by atoms with van der Waals surface area (Å²) in [5.74, 6) is 0.868. The smallest absolute Gasteiger partial charge is 0.119 e. The molecule has 22 heavy (non-hydrogen) atoms. The molecule has 0 N–H and O–H groups in total. The van der Waals surface area contributed by atoms with E-state index in [1.165, 1.54) is 5.56 Å². The Balaban J connectivity index is 2.10. The van der Waals surface area contributed by atoms with Crippen LogP contribution in [0.2, 0.25) is 0 Å². The molecule has 0 aliphatic heterocycles. The van der Waals surface area contributed by atoms with Gasteiger partial charge in [0.2, 0.25) is 0 Å². The minimum atomic E-state index is 0.165. The standard InChI is InChI=1S/C20H21NO/c1-20(2,3)16-7-5-14(6-8-16)19-18-10-9-17(22-4)13-15(18)11-12-21-19/h5-13H,1-4H3. The molecule has 0 fully saturated rings. The molecule has 2 nitrogen and oxygen atoms in total. The van der Waals surface area contributed by atoms with E-state index < -0.39 is 0 Å². The lowest BCUT2D eigenvalue weighted by molar-refractivity contribution is 0.415. The van der Waals surface area contributed by atoms with Crippen molar-refractivity contribution in [1.29, 1.82) is 0 Å². The Hall–Kier alpha value is -2.35. The predicted molar refractivity (Wildman–Crippen MR) is 92.4 cm³/mol. The summed E-state index contributed by atoms with van der Waals surface area (Å²) >= 11 is 0. The third-order valence-electron chi connectivity index (χ3n) is 4.00. The Morgan fingerprint density at radius 1 is 0.909 bits per heavy atom. The molecule has 0 spiro atoms. The van der Waals surface area contributed by atoms with Crippen LogP contribution in [0, 0.1) is 0 Å². The van der Waals surface area contributed by atoms with Gasteiger partial charge in [0.25, 0.3) is 0 Å². The van der Waals surface area contributed by atoms with E-state index in [1.807, 2.05) is 24.4 Å². The Kier molecular flexibility index (Phi) is 3.61. The second kappa shape index (κ2) is 5.45. The van der Waals surface area contributed by atoms with Crippen LogP contribution in [0.3, 0.4) is 0 Å². The maximum atomic E-state index is 5.30. The molecule has 1 aromatic heterocycles. The first-order chi connectivity index (χ1) is 10.5. The fraction of sp³-hybridized carbons (Fsp3) is 0.250. The van der Waals surface area contributed by atoms with E-state index in [4.69, 9.17) is 4.74 Å². The fourth-order valence-electron chi connectivity index (χ4n) is 2.64. The van der Waals surface area contributed by atoms with E-state index in [-0.39, 0.29) is 5.41 Å². The highest BCUT2D eigenvalue weighted by Gasteiger charge is 2.14. The zero-order valence-corrected chi connectivity index (χ0v) is 13.6. The molecule has 0 radical (unpaired) electrons. The Labute approximate surface area is 131 Å². The molecule has 112 valence electrons. The van der Waals surface area contributed by atoms with Crippen LogP contribution >= 0.6 is 0 Å². The molecule has 0 unspecified atom stereocenters. The van der Waals surface area contributed by atoms with Crippen molar-refractivity contribution in [3.63, 3.8) is 0 Å². The van der Waals surface area contributed by atoms with Gasteiger partial charge in [-0.3, -0.25) is 4.98 Å². The first kappa shape index (κ1) is 14.6. The van der Waals surface area contributed by atoms with E-state index in [2.05, 4.69) is 56.1 Å². The molecular formula is C20H21NO. The average molecular weight is 291 g/mol. The third kappa shape index (κ3) is 2.69. The van der Waals surface area contributed by atoms with Crippen molar-refractivity contribution in [2.45, 2.75) is 26.2 Å². The van der Waals surface area contributed by atoms with Crippen molar-refractivity contribution in [2.75, 3.05) is 7.11 Å². The van der Waals surface area contributed by atoms with Gasteiger partial charge in [-0.05, 0) is 40.6 Å². The first-order valence-electron chi connectivity index (χ1n) is 7.53. The number of benzene rings is 2. The molecule has 0 bridgehead atoms. The number of nitrogens with zero attached hydrogens (tertiary/aromatic N) is 1. The van der Waals surface area contributed by atoms with Crippen LogP contribution in [0.4, 0.5) is 0 Å². The van der Waals surface area contributed by atoms with Crippen LogP contribution in [0.5, 0.6) is 5.75 Å². The van der Waals surface area contributed by atoms with Gasteiger partial charge in [-0.1, -0.05) is 45.0 Å². The summed E-state index contributed by atoms with van der Waals surface area (Å²) in [7, 11) is 1.69. The summed E-state index contributed by atoms with van der Waals surface area (Å²) in [5, 5.41) is 2.29. The summed E-state index contributed by atoms with van der Waals surface area (Å²) in [6, 6.07) is 16.8. The highest BCUT2D eigenvalue weighted by Crippen LogP contribution is 2.30. The molecule has 2 heteroatoms. The number of fused-ring (bicyclic) bond motifs is 1. The zero-order valence-electron chi connectivity index (χ0n) is 13.6. The van der Waals surface area contributed by atoms with Crippen LogP contribution in [-0.4, -0.2) is 12.1 Å². The maximum Gasteiger partial charge on any atom is 0.119 e. The SMILES string of the molecule is COc1ccc2c(-c3ccc(C(C)(C)C)cc3)nccc2c1. The molecule has 2 aromatic carbocycles. The number of ether oxygens (including phenoxy) is 1. The lowest BCUT2D eigenvalue weighted by Crippen LogP contribution is -2.10. The summed E-state index contributed by atoms with van der Waals surface area (Å²) in [4.78, 5) is 4.58. The lowest BCUT2D eigenvalue weighted by atomic mass is 9.86. The van der Waals surface area contributed by atoms with Gasteiger partial charge in [-0.25, -0.2) is 0 Å². The van der Waals surface area contributed by atoms with E-state index in [0.29, 0.717) is 0 Å². The molecule has 0 aliphatic rings. The number of rotatable bonds is 2. The van der Waals surface area contributed by atoms with Gasteiger partial charge in [0, 0.05) is 17.1 Å². The second-order valence-corrected chi connectivity index (χ2v) is 6.57. The van der Waals surface area contributed by atoms with E-state index in [9.17, 15) is 0 Å². The van der Waals surface area contributed by atoms with Gasteiger partial charge in [-0.2, -0.15) is 0 Å². The van der Waals surface area contributed by atoms with Crippen LogP contribution < -0.4 is 4.74 Å². The Morgan fingerprint density at radius 2 is 1.64 bits per heavy atom. The quantitative estimate of drug-likeness (QED) is 0.646. The Morgan fingerprint density at radius 3 is 2.27 bits per heavy atom. The monoisotopic (exact) mass is 291 g/mol. The van der Waals surface area contributed by atoms with Gasteiger partial charge >= 0.3 is 0 Å². The van der Waals surface area contributed by atoms with E-state index >= 15 is 0 Å². The summed E-state index contributed by atoms with van der Waals surface area (Å²) in [5.41, 5.74) is 3.65. The van der Waals surface area contributed by atoms with Crippen molar-refractivity contribution < 1.29 is 4.74 Å². The minimum Gasteiger partial charge on any atom is -0.497 e. The van der Waals surface area contributed by atoms with E-state index in [0.717, 1.165) is 27.8 Å². The molecule has 0 saturated carbocycles. The molecule has 3 aromatic rings. The third-order valence-corrected chi connectivity index (χ3v) is 4.00. The maximum absolute atomic E-state index is 5.30. The topological polar surface area (TPSA) is 22.1 Å². The summed E-state index contributed by atoms with van der Waals surface area (Å²) in [6.07, 6.45) is 1.86. The molecule has 0 atom stereocenters. The largest absolute Gasteiger partial charge is 0.497 e. The van der Waals surface area contributed by atoms with Gasteiger partial charge in [0.15, 0.2) is 0 Å². The first-order valence-corrected chi connectivity index (χ1v) is 7.53. The number of hydrogen-bond acceptors (Lipinski definition) is 2. The number of aromatic nitrogens is 1. The molecule has 1 heterocycles. The van der Waals surface area contributed by atoms with Gasteiger partial charge in [0.1, 0.15) is 5.75 Å². The Bertz CT molecular complexity index is 798. The minimum absolute atomic E-state index is 0.165. The van der Waals surface area contributed by atoms with Crippen molar-refractivity contribution >= 4 is 10.8 Å². The van der Waals surface area contributed by atoms with Crippen LogP contribution in [0.25, 0.3) is 22.0 Å². The highest BCUT2D eigenvalue weighted by molar-refractivity contribution is 5.95. The van der Waals surface area contributed by atoms with Crippen molar-refractivity contribution in [3.8, 4) is 17.0 Å². The molecule has 3 rings (SSSR count). The van der Waals surface area contributed by atoms with Crippen molar-refractivity contribution in [1.82, 2.24) is 4.98 Å². The number of pyridine rings is 1. The molecule has 0 saturated heterocycles. The second-order valence-electron chi connectivity index (χ2n) is 6.57. The highest BCUT2D eigenvalue weighted by atomic mass is 16.5. The predicted octanol–water partition coefficient (Wildman–Crippen LogP) is 5.21. The summed E-state index contributed by atoms with van der Waals surface area (Å²) < 4.78 is 5.30. The van der Waals surface area contributed by atoms with Crippen LogP contribution in [-0.2, 0) is 5.41 Å². The van der Waals surface area contributed by atoms with Gasteiger partial charge < -0.3 is 4.74 Å². The van der Waals surface area contributed by atoms with Crippen LogP contribution in [0.1, 0.15) is 26.3 Å². The number of hydrogen-bond donors (Lipinski definition) is 0. The summed E-state index contributed by atoms with van der Waals surface area (Å²) in [6.45, 7) is 6.68. The zero-order chi connectivity index (χ0) is 15.7. The van der Waals surface area contributed by atoms with E-state index in [1.54, 1.807) is 7.11 Å². The average Bonchev–Trinajstić information content (AvgIpc) is 2.53. The van der Waals surface area contributed by atoms with Crippen LogP contribution in [0.15, 0.2) is 54.7 Å². The lowest BCUT2D eigenvalue weighted by Gasteiger charge is -2.19. The van der Waals surface area contributed by atoms with Crippen molar-refractivity contribution in [3.05, 3.63) is 60.3 Å². The van der Waals surface area contributed by atoms with Gasteiger partial charge in [0.05, 0.1) is 12.8 Å².